The molecule has 178 valence electrons. The van der Waals surface area contributed by atoms with Crippen LogP contribution in [0.1, 0.15) is 42.6 Å². The summed E-state index contributed by atoms with van der Waals surface area (Å²) in [5.74, 6) is -1.06. The molecule has 34 heavy (non-hydrogen) atoms. The molecule has 0 fully saturated rings. The first-order valence-electron chi connectivity index (χ1n) is 10.7. The molecule has 1 aliphatic rings. The van der Waals surface area contributed by atoms with E-state index in [-0.39, 0.29) is 28.8 Å². The van der Waals surface area contributed by atoms with E-state index in [1.807, 2.05) is 0 Å². The molecule has 1 aromatic carbocycles. The van der Waals surface area contributed by atoms with Crippen LogP contribution in [0.3, 0.4) is 0 Å². The van der Waals surface area contributed by atoms with Crippen molar-refractivity contribution in [2.24, 2.45) is 5.92 Å². The molecule has 2 atom stereocenters. The summed E-state index contributed by atoms with van der Waals surface area (Å²) in [5.41, 5.74) is 1.26. The van der Waals surface area contributed by atoms with Gasteiger partial charge in [-0.2, -0.15) is 14.5 Å². The summed E-state index contributed by atoms with van der Waals surface area (Å²) >= 11 is 6.24. The Hall–Kier alpha value is -3.53. The molecule has 2 heterocycles. The monoisotopic (exact) mass is 489 g/mol. The van der Waals surface area contributed by atoms with Crippen LogP contribution in [0.25, 0.3) is 0 Å². The molecule has 2 amide bonds. The number of aromatic nitrogens is 3. The Labute approximate surface area is 198 Å². The lowest BCUT2D eigenvalue weighted by atomic mass is 10.0. The van der Waals surface area contributed by atoms with Crippen LogP contribution in [-0.4, -0.2) is 21.2 Å². The number of ether oxygens (including phenoxy) is 1. The van der Waals surface area contributed by atoms with E-state index in [2.05, 4.69) is 32.7 Å². The molecule has 8 nitrogen and oxygen atoms in total. The van der Waals surface area contributed by atoms with Crippen LogP contribution >= 0.6 is 11.6 Å². The predicted octanol–water partition coefficient (Wildman–Crippen LogP) is 4.51. The normalized spacial score (nSPS) is 17.4. The minimum atomic E-state index is -0.720. The number of benzene rings is 1. The topological polar surface area (TPSA) is 109 Å². The number of amides is 2. The SMILES string of the molecule is C[C@H]1CC[C@@H](NC(=O)Nc2cc(Cl)c(COc3cccc(F)n3)cc2F)c2n[nH]c(=O)cc2C1. The highest BCUT2D eigenvalue weighted by Gasteiger charge is 2.25. The van der Waals surface area contributed by atoms with E-state index >= 15 is 0 Å². The first-order chi connectivity index (χ1) is 16.3. The predicted molar refractivity (Wildman–Crippen MR) is 122 cm³/mol. The van der Waals surface area contributed by atoms with Crippen molar-refractivity contribution >= 4 is 23.3 Å². The largest absolute Gasteiger partial charge is 0.473 e. The number of H-pyrrole nitrogens is 1. The van der Waals surface area contributed by atoms with Gasteiger partial charge in [0, 0.05) is 22.7 Å². The Balaban J connectivity index is 1.44. The van der Waals surface area contributed by atoms with E-state index < -0.39 is 23.8 Å². The van der Waals surface area contributed by atoms with Crippen molar-refractivity contribution in [3.63, 3.8) is 0 Å². The number of pyridine rings is 1. The smallest absolute Gasteiger partial charge is 0.319 e. The summed E-state index contributed by atoms with van der Waals surface area (Å²) in [6.45, 7) is 1.93. The van der Waals surface area contributed by atoms with E-state index in [4.69, 9.17) is 16.3 Å². The van der Waals surface area contributed by atoms with Crippen molar-refractivity contribution in [2.45, 2.75) is 38.8 Å². The van der Waals surface area contributed by atoms with Crippen molar-refractivity contribution in [3.05, 3.63) is 80.4 Å². The molecule has 11 heteroatoms. The second-order valence-electron chi connectivity index (χ2n) is 8.19. The van der Waals surface area contributed by atoms with Crippen LogP contribution in [-0.2, 0) is 13.0 Å². The highest BCUT2D eigenvalue weighted by molar-refractivity contribution is 6.31. The van der Waals surface area contributed by atoms with Gasteiger partial charge in [-0.05, 0) is 48.9 Å². The van der Waals surface area contributed by atoms with Crippen LogP contribution < -0.4 is 20.9 Å². The lowest BCUT2D eigenvalue weighted by Crippen LogP contribution is -2.34. The molecule has 1 aliphatic carbocycles. The van der Waals surface area contributed by atoms with E-state index in [1.165, 1.54) is 30.3 Å². The maximum atomic E-state index is 14.7. The molecule has 3 N–H and O–H groups in total. The van der Waals surface area contributed by atoms with Crippen LogP contribution in [0.5, 0.6) is 5.88 Å². The summed E-state index contributed by atoms with van der Waals surface area (Å²) in [7, 11) is 0. The summed E-state index contributed by atoms with van der Waals surface area (Å²) in [6, 6.07) is 6.89. The molecule has 2 aromatic heterocycles. The maximum absolute atomic E-state index is 14.7. The van der Waals surface area contributed by atoms with E-state index in [0.29, 0.717) is 30.0 Å². The minimum Gasteiger partial charge on any atom is -0.473 e. The quantitative estimate of drug-likeness (QED) is 0.361. The summed E-state index contributed by atoms with van der Waals surface area (Å²) in [4.78, 5) is 27.9. The van der Waals surface area contributed by atoms with Crippen molar-refractivity contribution in [1.29, 1.82) is 0 Å². The van der Waals surface area contributed by atoms with Crippen molar-refractivity contribution in [3.8, 4) is 5.88 Å². The van der Waals surface area contributed by atoms with Crippen molar-refractivity contribution in [1.82, 2.24) is 20.5 Å². The number of fused-ring (bicyclic) bond motifs is 1. The third-order valence-corrected chi connectivity index (χ3v) is 5.87. The molecule has 4 rings (SSSR count). The average Bonchev–Trinajstić information content (AvgIpc) is 2.93. The molecule has 0 bridgehead atoms. The van der Waals surface area contributed by atoms with Gasteiger partial charge in [0.1, 0.15) is 12.4 Å². The molecule has 0 radical (unpaired) electrons. The number of aromatic amines is 1. The number of nitrogens with zero attached hydrogens (tertiary/aromatic N) is 2. The van der Waals surface area contributed by atoms with Gasteiger partial charge in [-0.15, -0.1) is 0 Å². The molecule has 0 saturated carbocycles. The van der Waals surface area contributed by atoms with Gasteiger partial charge in [-0.25, -0.2) is 14.3 Å². The zero-order valence-corrected chi connectivity index (χ0v) is 19.0. The zero-order valence-electron chi connectivity index (χ0n) is 18.2. The molecule has 0 saturated heterocycles. The maximum Gasteiger partial charge on any atom is 0.319 e. The second kappa shape index (κ2) is 10.2. The second-order valence-corrected chi connectivity index (χ2v) is 8.60. The fraction of sp³-hybridized carbons (Fsp3) is 0.304. The number of carbonyl (C=O) groups is 1. The Bertz CT molecular complexity index is 1270. The molecule has 3 aromatic rings. The van der Waals surface area contributed by atoms with Gasteiger partial charge in [0.05, 0.1) is 17.4 Å². The van der Waals surface area contributed by atoms with E-state index in [9.17, 15) is 18.4 Å². The van der Waals surface area contributed by atoms with Gasteiger partial charge < -0.3 is 15.4 Å². The van der Waals surface area contributed by atoms with Gasteiger partial charge in [0.2, 0.25) is 11.8 Å². The molecular formula is C23H22ClF2N5O3. The first-order valence-corrected chi connectivity index (χ1v) is 11.1. The van der Waals surface area contributed by atoms with Crippen LogP contribution in [0, 0.1) is 17.7 Å². The summed E-state index contributed by atoms with van der Waals surface area (Å²) < 4.78 is 33.2. The van der Waals surface area contributed by atoms with Gasteiger partial charge >= 0.3 is 6.03 Å². The highest BCUT2D eigenvalue weighted by Crippen LogP contribution is 2.30. The van der Waals surface area contributed by atoms with Crippen molar-refractivity contribution < 1.29 is 18.3 Å². The fourth-order valence-electron chi connectivity index (χ4n) is 3.86. The fourth-order valence-corrected chi connectivity index (χ4v) is 4.07. The average molecular weight is 490 g/mol. The number of carbonyl (C=O) groups excluding carboxylic acids is 1. The molecular weight excluding hydrogens is 468 g/mol. The van der Waals surface area contributed by atoms with Crippen molar-refractivity contribution in [2.75, 3.05) is 5.32 Å². The van der Waals surface area contributed by atoms with E-state index in [1.54, 1.807) is 0 Å². The van der Waals surface area contributed by atoms with Gasteiger partial charge in [-0.3, -0.25) is 4.79 Å². The Morgan fingerprint density at radius 3 is 2.88 bits per heavy atom. The number of anilines is 1. The Morgan fingerprint density at radius 2 is 2.09 bits per heavy atom. The molecule has 0 aliphatic heterocycles. The standard InChI is InChI=1S/C23H22ClF2N5O3/c1-12-5-6-17(22-13(7-12)9-20(32)30-31-22)27-23(33)28-18-10-15(24)14(8-16(18)25)11-34-21-4-2-3-19(26)29-21/h2-4,8-10,12,17H,5-7,11H2,1H3,(H,30,32)(H2,27,28,33)/t12-,17+/m0/s1. The van der Waals surface area contributed by atoms with Crippen LogP contribution in [0.2, 0.25) is 5.02 Å². The highest BCUT2D eigenvalue weighted by atomic mass is 35.5. The molecule has 0 unspecified atom stereocenters. The molecule has 0 spiro atoms. The number of nitrogens with one attached hydrogen (secondary N) is 3. The lowest BCUT2D eigenvalue weighted by molar-refractivity contribution is 0.247. The Morgan fingerprint density at radius 1 is 1.26 bits per heavy atom. The number of halogens is 3. The third kappa shape index (κ3) is 5.69. The lowest BCUT2D eigenvalue weighted by Gasteiger charge is -2.18. The number of hydrogen-bond donors (Lipinski definition) is 3. The number of urea groups is 1. The zero-order chi connectivity index (χ0) is 24.2. The van der Waals surface area contributed by atoms with Crippen LogP contribution in [0.15, 0.2) is 41.2 Å². The minimum absolute atomic E-state index is 0.0333. The van der Waals surface area contributed by atoms with Gasteiger partial charge in [0.15, 0.2) is 0 Å². The number of hydrogen-bond acceptors (Lipinski definition) is 5. The summed E-state index contributed by atoms with van der Waals surface area (Å²) in [6.07, 6.45) is 2.13. The van der Waals surface area contributed by atoms with Gasteiger partial charge in [-0.1, -0.05) is 24.6 Å². The van der Waals surface area contributed by atoms with E-state index in [0.717, 1.165) is 18.1 Å². The third-order valence-electron chi connectivity index (χ3n) is 5.52. The Kier molecular flexibility index (Phi) is 7.06. The van der Waals surface area contributed by atoms with Gasteiger partial charge in [0.25, 0.3) is 5.56 Å². The number of rotatable bonds is 5. The van der Waals surface area contributed by atoms with Crippen LogP contribution in [0.4, 0.5) is 19.3 Å². The first kappa shape index (κ1) is 23.6. The summed E-state index contributed by atoms with van der Waals surface area (Å²) in [5, 5.41) is 12.0.